The van der Waals surface area contributed by atoms with E-state index < -0.39 is 4.92 Å². The molecule has 2 N–H and O–H groups in total. The quantitative estimate of drug-likeness (QED) is 0.659. The first-order chi connectivity index (χ1) is 12.1. The number of fused-ring (bicyclic) bond motifs is 2. The van der Waals surface area contributed by atoms with Gasteiger partial charge >= 0.3 is 0 Å². The van der Waals surface area contributed by atoms with E-state index in [1.807, 2.05) is 0 Å². The first-order valence-electron chi connectivity index (χ1n) is 8.37. The largest absolute Gasteiger partial charge is 0.384 e. The molecule has 7 nitrogen and oxygen atoms in total. The molecule has 2 aromatic rings. The Hall–Kier alpha value is -2.96. The van der Waals surface area contributed by atoms with Crippen molar-refractivity contribution >= 4 is 23.0 Å². The molecule has 7 heteroatoms. The second-order valence-electron chi connectivity index (χ2n) is 6.70. The van der Waals surface area contributed by atoms with Gasteiger partial charge in [-0.15, -0.1) is 0 Å². The van der Waals surface area contributed by atoms with Crippen molar-refractivity contribution in [1.82, 2.24) is 4.98 Å². The van der Waals surface area contributed by atoms with Crippen molar-refractivity contribution in [3.63, 3.8) is 0 Å². The van der Waals surface area contributed by atoms with E-state index in [1.165, 1.54) is 12.4 Å². The maximum atomic E-state index is 12.4. The maximum Gasteiger partial charge on any atom is 0.293 e. The highest BCUT2D eigenvalue weighted by Crippen LogP contribution is 2.50. The Labute approximate surface area is 144 Å². The van der Waals surface area contributed by atoms with Crippen LogP contribution in [0.4, 0.5) is 17.1 Å². The molecule has 0 saturated heterocycles. The minimum absolute atomic E-state index is 0.00767. The van der Waals surface area contributed by atoms with E-state index in [-0.39, 0.29) is 22.7 Å². The van der Waals surface area contributed by atoms with Crippen molar-refractivity contribution in [3.05, 3.63) is 57.9 Å². The van der Waals surface area contributed by atoms with Crippen LogP contribution in [0.1, 0.15) is 41.6 Å². The number of hydrogen-bond acceptors (Lipinski definition) is 5. The first kappa shape index (κ1) is 15.6. The molecule has 1 aromatic heterocycles. The summed E-state index contributed by atoms with van der Waals surface area (Å²) >= 11 is 0. The van der Waals surface area contributed by atoms with Gasteiger partial charge in [0.15, 0.2) is 0 Å². The Kier molecular flexibility index (Phi) is 3.63. The van der Waals surface area contributed by atoms with Crippen LogP contribution in [0.3, 0.4) is 0 Å². The van der Waals surface area contributed by atoms with Crippen LogP contribution >= 0.6 is 0 Å². The Morgan fingerprint density at radius 2 is 1.96 bits per heavy atom. The van der Waals surface area contributed by atoms with Crippen LogP contribution in [0.2, 0.25) is 0 Å². The third kappa shape index (κ3) is 2.61. The SMILES string of the molecule is O=C(Nc1cc2c(cc1[N+](=O)[O-])C1(CCCC1)CN2)c1ccncc1. The lowest BCUT2D eigenvalue weighted by Crippen LogP contribution is -2.24. The molecule has 1 spiro atoms. The van der Waals surface area contributed by atoms with Gasteiger partial charge in [0.1, 0.15) is 5.69 Å². The van der Waals surface area contributed by atoms with Crippen molar-refractivity contribution in [3.8, 4) is 0 Å². The molecule has 0 unspecified atom stereocenters. The first-order valence-corrected chi connectivity index (χ1v) is 8.37. The summed E-state index contributed by atoms with van der Waals surface area (Å²) in [6.45, 7) is 0.807. The summed E-state index contributed by atoms with van der Waals surface area (Å²) in [5.41, 5.74) is 2.47. The van der Waals surface area contributed by atoms with Crippen LogP contribution in [0.25, 0.3) is 0 Å². The highest BCUT2D eigenvalue weighted by atomic mass is 16.6. The van der Waals surface area contributed by atoms with E-state index in [1.54, 1.807) is 24.3 Å². The highest BCUT2D eigenvalue weighted by molar-refractivity contribution is 6.05. The van der Waals surface area contributed by atoms with E-state index in [9.17, 15) is 14.9 Å². The summed E-state index contributed by atoms with van der Waals surface area (Å²) in [5.74, 6) is -0.390. The van der Waals surface area contributed by atoms with Gasteiger partial charge in [-0.1, -0.05) is 12.8 Å². The lowest BCUT2D eigenvalue weighted by atomic mass is 9.80. The summed E-state index contributed by atoms with van der Waals surface area (Å²) in [6.07, 6.45) is 7.42. The Morgan fingerprint density at radius 3 is 2.64 bits per heavy atom. The molecule has 1 aliphatic heterocycles. The number of carbonyl (C=O) groups is 1. The van der Waals surface area contributed by atoms with Gasteiger partial charge < -0.3 is 10.6 Å². The molecule has 1 saturated carbocycles. The molecule has 1 amide bonds. The molecule has 1 aromatic carbocycles. The monoisotopic (exact) mass is 338 g/mol. The zero-order valence-electron chi connectivity index (χ0n) is 13.6. The van der Waals surface area contributed by atoms with Crippen LogP contribution in [0.5, 0.6) is 0 Å². The molecular weight excluding hydrogens is 320 g/mol. The number of nitro benzene ring substituents is 1. The van der Waals surface area contributed by atoms with E-state index in [2.05, 4.69) is 15.6 Å². The number of pyridine rings is 1. The normalized spacial score (nSPS) is 17.1. The van der Waals surface area contributed by atoms with Crippen LogP contribution in [-0.4, -0.2) is 22.4 Å². The predicted molar refractivity (Wildman–Crippen MR) is 93.9 cm³/mol. The summed E-state index contributed by atoms with van der Waals surface area (Å²) in [5, 5.41) is 17.6. The molecule has 4 rings (SSSR count). The highest BCUT2D eigenvalue weighted by Gasteiger charge is 2.42. The minimum Gasteiger partial charge on any atom is -0.384 e. The van der Waals surface area contributed by atoms with Crippen molar-refractivity contribution < 1.29 is 9.72 Å². The number of anilines is 2. The molecule has 0 radical (unpaired) electrons. The Morgan fingerprint density at radius 1 is 1.24 bits per heavy atom. The number of rotatable bonds is 3. The van der Waals surface area contributed by atoms with Crippen molar-refractivity contribution in [2.45, 2.75) is 31.1 Å². The molecule has 2 aliphatic rings. The number of amides is 1. The third-order valence-corrected chi connectivity index (χ3v) is 5.27. The van der Waals surface area contributed by atoms with Gasteiger partial charge in [0, 0.05) is 41.7 Å². The fraction of sp³-hybridized carbons (Fsp3) is 0.333. The number of benzene rings is 1. The molecular formula is C18H18N4O3. The third-order valence-electron chi connectivity index (χ3n) is 5.27. The number of carbonyl (C=O) groups excluding carboxylic acids is 1. The van der Waals surface area contributed by atoms with Crippen LogP contribution in [-0.2, 0) is 5.41 Å². The summed E-state index contributed by atoms with van der Waals surface area (Å²) < 4.78 is 0. The molecule has 2 heterocycles. The van der Waals surface area contributed by atoms with Crippen LogP contribution < -0.4 is 10.6 Å². The summed E-state index contributed by atoms with van der Waals surface area (Å²) in [7, 11) is 0. The molecule has 0 bridgehead atoms. The number of hydrogen-bond donors (Lipinski definition) is 2. The van der Waals surface area contributed by atoms with Gasteiger partial charge in [-0.05, 0) is 36.6 Å². The number of nitrogens with zero attached hydrogens (tertiary/aromatic N) is 2. The smallest absolute Gasteiger partial charge is 0.293 e. The standard InChI is InChI=1S/C18H18N4O3/c23-17(12-3-7-19-8-4-12)21-15-10-14-13(9-16(15)22(24)25)18(11-20-14)5-1-2-6-18/h3-4,7-10,20H,1-2,5-6,11H2,(H,21,23). The second-order valence-corrected chi connectivity index (χ2v) is 6.70. The van der Waals surface area contributed by atoms with Gasteiger partial charge in [0.2, 0.25) is 0 Å². The molecule has 25 heavy (non-hydrogen) atoms. The zero-order valence-corrected chi connectivity index (χ0v) is 13.6. The lowest BCUT2D eigenvalue weighted by molar-refractivity contribution is -0.384. The second kappa shape index (κ2) is 5.84. The van der Waals surface area contributed by atoms with Gasteiger partial charge in [-0.2, -0.15) is 0 Å². The summed E-state index contributed by atoms with van der Waals surface area (Å²) in [4.78, 5) is 27.4. The van der Waals surface area contributed by atoms with E-state index in [4.69, 9.17) is 0 Å². The van der Waals surface area contributed by atoms with Gasteiger partial charge in [0.05, 0.1) is 4.92 Å². The Bertz CT molecular complexity index is 845. The lowest BCUT2D eigenvalue weighted by Gasteiger charge is -2.22. The van der Waals surface area contributed by atoms with E-state index >= 15 is 0 Å². The molecule has 1 aliphatic carbocycles. The van der Waals surface area contributed by atoms with Crippen LogP contribution in [0.15, 0.2) is 36.7 Å². The number of nitrogens with one attached hydrogen (secondary N) is 2. The minimum atomic E-state index is -0.427. The average Bonchev–Trinajstić information content (AvgIpc) is 3.23. The van der Waals surface area contributed by atoms with Crippen LogP contribution in [0, 0.1) is 10.1 Å². The van der Waals surface area contributed by atoms with Gasteiger partial charge in [-0.3, -0.25) is 19.9 Å². The fourth-order valence-corrected chi connectivity index (χ4v) is 3.98. The maximum absolute atomic E-state index is 12.4. The fourth-order valence-electron chi connectivity index (χ4n) is 3.98. The van der Waals surface area contributed by atoms with E-state index in [0.717, 1.165) is 43.5 Å². The topological polar surface area (TPSA) is 97.2 Å². The summed E-state index contributed by atoms with van der Waals surface area (Å²) in [6, 6.07) is 6.48. The molecule has 1 fully saturated rings. The number of nitro groups is 1. The Balaban J connectivity index is 1.71. The predicted octanol–water partition coefficient (Wildman–Crippen LogP) is 3.48. The van der Waals surface area contributed by atoms with E-state index in [0.29, 0.717) is 5.56 Å². The molecule has 0 atom stereocenters. The van der Waals surface area contributed by atoms with Crippen molar-refractivity contribution in [2.75, 3.05) is 17.2 Å². The van der Waals surface area contributed by atoms with Crippen molar-refractivity contribution in [2.24, 2.45) is 0 Å². The van der Waals surface area contributed by atoms with Gasteiger partial charge in [0.25, 0.3) is 11.6 Å². The zero-order chi connectivity index (χ0) is 17.4. The average molecular weight is 338 g/mol. The van der Waals surface area contributed by atoms with Gasteiger partial charge in [-0.25, -0.2) is 0 Å². The number of aromatic nitrogens is 1. The molecule has 128 valence electrons. The van der Waals surface area contributed by atoms with Crippen molar-refractivity contribution in [1.29, 1.82) is 0 Å².